The molecule has 2 aromatic heterocycles. The first-order chi connectivity index (χ1) is 10.1. The van der Waals surface area contributed by atoms with Gasteiger partial charge in [-0.15, -0.1) is 11.3 Å². The summed E-state index contributed by atoms with van der Waals surface area (Å²) in [6, 6.07) is 5.79. The molecule has 1 N–H and O–H groups in total. The molecule has 0 bridgehead atoms. The quantitative estimate of drug-likeness (QED) is 0.854. The molecule has 1 amide bonds. The van der Waals surface area contributed by atoms with Crippen molar-refractivity contribution in [1.29, 1.82) is 0 Å². The molecule has 0 radical (unpaired) electrons. The summed E-state index contributed by atoms with van der Waals surface area (Å²) in [5, 5.41) is 4.88. The smallest absolute Gasteiger partial charge is 0.347 e. The molecule has 0 aliphatic carbocycles. The van der Waals surface area contributed by atoms with Crippen molar-refractivity contribution in [2.24, 2.45) is 0 Å². The molecule has 2 aromatic rings. The summed E-state index contributed by atoms with van der Waals surface area (Å²) >= 11 is 1.66. The number of hydrogen-bond donors (Lipinski definition) is 1. The average molecular weight is 306 g/mol. The van der Waals surface area contributed by atoms with E-state index in [9.17, 15) is 9.59 Å². The van der Waals surface area contributed by atoms with Crippen molar-refractivity contribution >= 4 is 17.2 Å². The second kappa shape index (κ2) is 7.14. The van der Waals surface area contributed by atoms with Crippen molar-refractivity contribution in [2.45, 2.75) is 12.6 Å². The minimum atomic E-state index is -0.421. The third-order valence-electron chi connectivity index (χ3n) is 3.08. The Morgan fingerprint density at radius 3 is 2.90 bits per heavy atom. The van der Waals surface area contributed by atoms with Crippen LogP contribution in [-0.4, -0.2) is 41.0 Å². The molecule has 21 heavy (non-hydrogen) atoms. The Labute approximate surface area is 127 Å². The molecule has 1 atom stereocenters. The van der Waals surface area contributed by atoms with E-state index >= 15 is 0 Å². The van der Waals surface area contributed by atoms with Gasteiger partial charge in [0.05, 0.1) is 6.04 Å². The maximum atomic E-state index is 11.9. The van der Waals surface area contributed by atoms with E-state index < -0.39 is 5.69 Å². The number of rotatable bonds is 6. The lowest BCUT2D eigenvalue weighted by molar-refractivity contribution is -0.121. The minimum Gasteiger partial charge on any atom is -0.353 e. The number of carbonyl (C=O) groups is 1. The molecule has 6 nitrogen and oxygen atoms in total. The molecular formula is C14H18N4O2S. The molecule has 0 aliphatic heterocycles. The van der Waals surface area contributed by atoms with Crippen LogP contribution < -0.4 is 11.0 Å². The van der Waals surface area contributed by atoms with Crippen LogP contribution in [-0.2, 0) is 11.3 Å². The fraction of sp³-hybridized carbons (Fsp3) is 0.357. The average Bonchev–Trinajstić information content (AvgIpc) is 2.95. The number of likely N-dealkylation sites (N-methyl/N-ethyl adjacent to an activating group) is 1. The third-order valence-corrected chi connectivity index (χ3v) is 4.06. The number of nitrogens with one attached hydrogen (secondary N) is 1. The van der Waals surface area contributed by atoms with Crippen LogP contribution in [0, 0.1) is 0 Å². The molecule has 0 fully saturated rings. The van der Waals surface area contributed by atoms with E-state index in [2.05, 4.69) is 15.2 Å². The van der Waals surface area contributed by atoms with Crippen LogP contribution in [0.1, 0.15) is 10.9 Å². The van der Waals surface area contributed by atoms with Gasteiger partial charge in [0.15, 0.2) is 0 Å². The first-order valence-electron chi connectivity index (χ1n) is 6.56. The Morgan fingerprint density at radius 2 is 2.29 bits per heavy atom. The van der Waals surface area contributed by atoms with Crippen LogP contribution in [0.3, 0.4) is 0 Å². The van der Waals surface area contributed by atoms with E-state index in [0.717, 1.165) is 0 Å². The Hall–Kier alpha value is -1.99. The van der Waals surface area contributed by atoms with Crippen molar-refractivity contribution in [2.75, 3.05) is 20.6 Å². The van der Waals surface area contributed by atoms with E-state index in [0.29, 0.717) is 6.54 Å². The van der Waals surface area contributed by atoms with E-state index in [1.165, 1.54) is 15.6 Å². The molecule has 112 valence electrons. The molecule has 2 rings (SSSR count). The van der Waals surface area contributed by atoms with Crippen LogP contribution in [0.25, 0.3) is 0 Å². The fourth-order valence-corrected chi connectivity index (χ4v) is 2.87. The van der Waals surface area contributed by atoms with Crippen molar-refractivity contribution < 1.29 is 4.79 Å². The van der Waals surface area contributed by atoms with E-state index in [-0.39, 0.29) is 18.5 Å². The van der Waals surface area contributed by atoms with Gasteiger partial charge in [0.2, 0.25) is 5.91 Å². The molecule has 2 heterocycles. The molecule has 0 saturated heterocycles. The van der Waals surface area contributed by atoms with E-state index in [1.807, 2.05) is 31.6 Å². The normalized spacial score (nSPS) is 12.3. The monoisotopic (exact) mass is 306 g/mol. The molecule has 7 heteroatoms. The number of amides is 1. The molecule has 0 aliphatic rings. The predicted octanol–water partition coefficient (Wildman–Crippen LogP) is 0.724. The zero-order valence-corrected chi connectivity index (χ0v) is 12.8. The van der Waals surface area contributed by atoms with Crippen LogP contribution in [0.4, 0.5) is 0 Å². The summed E-state index contributed by atoms with van der Waals surface area (Å²) in [5.74, 6) is -0.200. The van der Waals surface area contributed by atoms with Gasteiger partial charge in [0, 0.05) is 23.8 Å². The number of aromatic nitrogens is 2. The van der Waals surface area contributed by atoms with Crippen LogP contribution in [0.15, 0.2) is 40.8 Å². The maximum absolute atomic E-state index is 11.9. The summed E-state index contributed by atoms with van der Waals surface area (Å²) in [7, 11) is 3.95. The van der Waals surface area contributed by atoms with Crippen molar-refractivity contribution in [1.82, 2.24) is 19.8 Å². The fourth-order valence-electron chi connectivity index (χ4n) is 1.95. The second-order valence-electron chi connectivity index (χ2n) is 4.83. The van der Waals surface area contributed by atoms with Gasteiger partial charge in [-0.1, -0.05) is 6.07 Å². The lowest BCUT2D eigenvalue weighted by Crippen LogP contribution is -2.37. The topological polar surface area (TPSA) is 67.2 Å². The Morgan fingerprint density at radius 1 is 1.48 bits per heavy atom. The van der Waals surface area contributed by atoms with Gasteiger partial charge >= 0.3 is 5.69 Å². The maximum Gasteiger partial charge on any atom is 0.347 e. The highest BCUT2D eigenvalue weighted by Gasteiger charge is 2.16. The second-order valence-corrected chi connectivity index (χ2v) is 5.81. The summed E-state index contributed by atoms with van der Waals surface area (Å²) in [6.07, 6.45) is 2.97. The molecule has 0 aromatic carbocycles. The SMILES string of the molecule is CN(C)[C@H](CNC(=O)Cn1cccnc1=O)c1cccs1. The van der Waals surface area contributed by atoms with Gasteiger partial charge in [-0.05, 0) is 31.6 Å². The zero-order valence-electron chi connectivity index (χ0n) is 12.0. The molecule has 0 saturated carbocycles. The third kappa shape index (κ3) is 4.24. The largest absolute Gasteiger partial charge is 0.353 e. The Bertz CT molecular complexity index is 636. The predicted molar refractivity (Wildman–Crippen MR) is 82.3 cm³/mol. The van der Waals surface area contributed by atoms with E-state index in [1.54, 1.807) is 23.6 Å². The van der Waals surface area contributed by atoms with Crippen LogP contribution in [0.2, 0.25) is 0 Å². The van der Waals surface area contributed by atoms with Gasteiger partial charge in [-0.25, -0.2) is 9.78 Å². The number of thiophene rings is 1. The van der Waals surface area contributed by atoms with Gasteiger partial charge < -0.3 is 10.2 Å². The lowest BCUT2D eigenvalue weighted by Gasteiger charge is -2.23. The highest BCUT2D eigenvalue weighted by molar-refractivity contribution is 7.10. The van der Waals surface area contributed by atoms with Crippen molar-refractivity contribution in [3.05, 3.63) is 51.3 Å². The molecular weight excluding hydrogens is 288 g/mol. The summed E-state index contributed by atoms with van der Waals surface area (Å²) in [6.45, 7) is 0.485. The number of carbonyl (C=O) groups excluding carboxylic acids is 1. The standard InChI is InChI=1S/C14H18N4O2S/c1-17(2)11(12-5-3-8-21-12)9-16-13(19)10-18-7-4-6-15-14(18)20/h3-8,11H,9-10H2,1-2H3,(H,16,19)/t11-/m1/s1. The lowest BCUT2D eigenvalue weighted by atomic mass is 10.2. The highest BCUT2D eigenvalue weighted by Crippen LogP contribution is 2.22. The molecule has 0 spiro atoms. The van der Waals surface area contributed by atoms with Crippen LogP contribution in [0.5, 0.6) is 0 Å². The minimum absolute atomic E-state index is 0.0166. The van der Waals surface area contributed by atoms with Crippen molar-refractivity contribution in [3.63, 3.8) is 0 Å². The summed E-state index contributed by atoms with van der Waals surface area (Å²) < 4.78 is 1.28. The summed E-state index contributed by atoms with van der Waals surface area (Å²) in [4.78, 5) is 30.3. The van der Waals surface area contributed by atoms with Gasteiger partial charge in [0.1, 0.15) is 6.54 Å². The van der Waals surface area contributed by atoms with Crippen LogP contribution >= 0.6 is 11.3 Å². The zero-order chi connectivity index (χ0) is 15.2. The first-order valence-corrected chi connectivity index (χ1v) is 7.44. The van der Waals surface area contributed by atoms with E-state index in [4.69, 9.17) is 0 Å². The molecule has 0 unspecified atom stereocenters. The highest BCUT2D eigenvalue weighted by atomic mass is 32.1. The Kier molecular flexibility index (Phi) is 5.24. The first kappa shape index (κ1) is 15.4. The van der Waals surface area contributed by atoms with Gasteiger partial charge in [-0.3, -0.25) is 9.36 Å². The summed E-state index contributed by atoms with van der Waals surface area (Å²) in [5.41, 5.74) is -0.421. The number of nitrogens with zero attached hydrogens (tertiary/aromatic N) is 3. The van der Waals surface area contributed by atoms with Gasteiger partial charge in [-0.2, -0.15) is 0 Å². The van der Waals surface area contributed by atoms with Gasteiger partial charge in [0.25, 0.3) is 0 Å². The Balaban J connectivity index is 1.94. The number of hydrogen-bond acceptors (Lipinski definition) is 5. The van der Waals surface area contributed by atoms with Crippen molar-refractivity contribution in [3.8, 4) is 0 Å².